The summed E-state index contributed by atoms with van der Waals surface area (Å²) in [5.74, 6) is 0.747. The molecule has 1 amide bonds. The second-order valence-electron chi connectivity index (χ2n) is 5.35. The molecule has 3 rings (SSSR count). The number of halogens is 1. The molecule has 0 unspecified atom stereocenters. The van der Waals surface area contributed by atoms with Crippen molar-refractivity contribution in [3.8, 4) is 5.75 Å². The number of rotatable bonds is 4. The number of hydrogen-bond acceptors (Lipinski definition) is 4. The van der Waals surface area contributed by atoms with Crippen molar-refractivity contribution < 1.29 is 9.53 Å². The van der Waals surface area contributed by atoms with Gasteiger partial charge in [0.1, 0.15) is 5.75 Å². The first-order valence-electron chi connectivity index (χ1n) is 7.34. The van der Waals surface area contributed by atoms with Gasteiger partial charge in [-0.2, -0.15) is 0 Å². The van der Waals surface area contributed by atoms with Gasteiger partial charge >= 0.3 is 0 Å². The third-order valence-electron chi connectivity index (χ3n) is 3.86. The van der Waals surface area contributed by atoms with E-state index in [4.69, 9.17) is 4.74 Å². The largest absolute Gasteiger partial charge is 0.497 e. The number of carbonyl (C=O) groups excluding carboxylic acids is 1. The number of fused-ring (bicyclic) bond motifs is 1. The normalized spacial score (nSPS) is 10.7. The molecule has 0 bridgehead atoms. The van der Waals surface area contributed by atoms with Crippen LogP contribution >= 0.6 is 27.3 Å². The first-order valence-corrected chi connectivity index (χ1v) is 8.95. The van der Waals surface area contributed by atoms with E-state index >= 15 is 0 Å². The topological polar surface area (TPSA) is 32.8 Å². The fraction of sp³-hybridized carbons (Fsp3) is 0.167. The van der Waals surface area contributed by atoms with E-state index in [2.05, 4.69) is 15.9 Å². The van der Waals surface area contributed by atoms with Crippen LogP contribution in [0.2, 0.25) is 0 Å². The summed E-state index contributed by atoms with van der Waals surface area (Å²) in [4.78, 5) is 13.5. The van der Waals surface area contributed by atoms with Crippen LogP contribution in [0.5, 0.6) is 5.75 Å². The molecule has 0 fully saturated rings. The van der Waals surface area contributed by atoms with Crippen LogP contribution in [0.4, 0.5) is 5.69 Å². The number of benzene rings is 2. The molecule has 3 aromatic rings. The summed E-state index contributed by atoms with van der Waals surface area (Å²) in [6, 6.07) is 15.6. The summed E-state index contributed by atoms with van der Waals surface area (Å²) in [5, 5.41) is 4.46. The molecule has 2 aromatic carbocycles. The molecule has 0 atom stereocenters. The summed E-state index contributed by atoms with van der Waals surface area (Å²) < 4.78 is 7.28. The van der Waals surface area contributed by atoms with Gasteiger partial charge in [0.05, 0.1) is 17.7 Å². The van der Waals surface area contributed by atoms with Crippen LogP contribution in [-0.2, 0) is 0 Å². The molecule has 0 aliphatic heterocycles. The van der Waals surface area contributed by atoms with Crippen molar-refractivity contribution >= 4 is 48.9 Å². The van der Waals surface area contributed by atoms with E-state index in [9.17, 15) is 4.79 Å². The Morgan fingerprint density at radius 3 is 2.62 bits per heavy atom. The first-order chi connectivity index (χ1) is 11.5. The van der Waals surface area contributed by atoms with Gasteiger partial charge in [0.25, 0.3) is 5.91 Å². The number of hydrazine groups is 1. The summed E-state index contributed by atoms with van der Waals surface area (Å²) >= 11 is 4.94. The first kappa shape index (κ1) is 16.8. The van der Waals surface area contributed by atoms with Gasteiger partial charge in [0.2, 0.25) is 0 Å². The van der Waals surface area contributed by atoms with Gasteiger partial charge in [-0.15, -0.1) is 11.3 Å². The average Bonchev–Trinajstić information content (AvgIpc) is 3.02. The molecule has 0 radical (unpaired) electrons. The van der Waals surface area contributed by atoms with Crippen molar-refractivity contribution in [2.24, 2.45) is 0 Å². The maximum absolute atomic E-state index is 12.8. The third-order valence-corrected chi connectivity index (χ3v) is 5.46. The highest BCUT2D eigenvalue weighted by Gasteiger charge is 2.19. The number of ether oxygens (including phenoxy) is 1. The quantitative estimate of drug-likeness (QED) is 0.585. The molecule has 1 heterocycles. The minimum atomic E-state index is -0.0438. The summed E-state index contributed by atoms with van der Waals surface area (Å²) in [5.41, 5.74) is 0.933. The summed E-state index contributed by atoms with van der Waals surface area (Å²) in [7, 11) is 5.28. The average molecular weight is 405 g/mol. The molecule has 0 saturated heterocycles. The number of thiophene rings is 1. The highest BCUT2D eigenvalue weighted by atomic mass is 79.9. The Bertz CT molecular complexity index is 894. The highest BCUT2D eigenvalue weighted by molar-refractivity contribution is 9.10. The molecule has 124 valence electrons. The number of carbonyl (C=O) groups is 1. The predicted octanol–water partition coefficient (Wildman–Crippen LogP) is 4.80. The van der Waals surface area contributed by atoms with E-state index in [0.29, 0.717) is 4.88 Å². The summed E-state index contributed by atoms with van der Waals surface area (Å²) in [6.45, 7) is 0. The Kier molecular flexibility index (Phi) is 4.78. The second-order valence-corrected chi connectivity index (χ2v) is 7.35. The Hall–Kier alpha value is -2.05. The van der Waals surface area contributed by atoms with E-state index in [1.54, 1.807) is 19.2 Å². The lowest BCUT2D eigenvalue weighted by Gasteiger charge is -2.29. The Morgan fingerprint density at radius 2 is 1.92 bits per heavy atom. The van der Waals surface area contributed by atoms with Crippen molar-refractivity contribution in [2.75, 3.05) is 26.2 Å². The fourth-order valence-electron chi connectivity index (χ4n) is 2.40. The number of anilines is 1. The number of nitrogens with zero attached hydrogens (tertiary/aromatic N) is 2. The van der Waals surface area contributed by atoms with Crippen LogP contribution in [0.25, 0.3) is 10.1 Å². The smallest absolute Gasteiger partial charge is 0.282 e. The molecule has 6 heteroatoms. The molecule has 0 aliphatic rings. The minimum Gasteiger partial charge on any atom is -0.497 e. The lowest BCUT2D eigenvalue weighted by atomic mass is 10.2. The van der Waals surface area contributed by atoms with Crippen LogP contribution in [0, 0.1) is 0 Å². The summed E-state index contributed by atoms with van der Waals surface area (Å²) in [6.07, 6.45) is 0. The number of hydrogen-bond donors (Lipinski definition) is 0. The van der Waals surface area contributed by atoms with Crippen LogP contribution < -0.4 is 9.75 Å². The predicted molar refractivity (Wildman–Crippen MR) is 103 cm³/mol. The van der Waals surface area contributed by atoms with Crippen molar-refractivity contribution in [1.82, 2.24) is 5.01 Å². The minimum absolute atomic E-state index is 0.0438. The zero-order valence-corrected chi connectivity index (χ0v) is 16.0. The number of amides is 1. The van der Waals surface area contributed by atoms with Gasteiger partial charge < -0.3 is 4.74 Å². The molecule has 0 spiro atoms. The highest BCUT2D eigenvalue weighted by Crippen LogP contribution is 2.30. The van der Waals surface area contributed by atoms with Crippen LogP contribution in [0.15, 0.2) is 53.0 Å². The van der Waals surface area contributed by atoms with E-state index < -0.39 is 0 Å². The Morgan fingerprint density at radius 1 is 1.12 bits per heavy atom. The van der Waals surface area contributed by atoms with E-state index in [-0.39, 0.29) is 5.91 Å². The van der Waals surface area contributed by atoms with Crippen LogP contribution in [0.1, 0.15) is 9.67 Å². The molecule has 0 aliphatic carbocycles. The standard InChI is InChI=1S/C18H17BrN2O2S/c1-20(14-6-4-5-13(19)11-14)21(2)18(22)17-10-12-9-15(23-3)7-8-16(12)24-17/h4-11H,1-3H3. The third kappa shape index (κ3) is 3.25. The number of methoxy groups -OCH3 is 1. The molecule has 0 saturated carbocycles. The van der Waals surface area contributed by atoms with E-state index in [1.807, 2.05) is 60.6 Å². The molecular weight excluding hydrogens is 388 g/mol. The Labute approximate surface area is 153 Å². The zero-order valence-electron chi connectivity index (χ0n) is 13.6. The van der Waals surface area contributed by atoms with E-state index in [1.165, 1.54) is 11.3 Å². The lowest BCUT2D eigenvalue weighted by Crippen LogP contribution is -2.41. The van der Waals surface area contributed by atoms with Crippen molar-refractivity contribution in [3.05, 3.63) is 57.9 Å². The molecule has 4 nitrogen and oxygen atoms in total. The van der Waals surface area contributed by atoms with Gasteiger partial charge in [-0.1, -0.05) is 22.0 Å². The zero-order chi connectivity index (χ0) is 17.3. The molecular formula is C18H17BrN2O2S. The van der Waals surface area contributed by atoms with Gasteiger partial charge in [0.15, 0.2) is 0 Å². The monoisotopic (exact) mass is 404 g/mol. The second kappa shape index (κ2) is 6.83. The van der Waals surface area contributed by atoms with Gasteiger partial charge in [-0.25, -0.2) is 0 Å². The van der Waals surface area contributed by atoms with Gasteiger partial charge in [-0.05, 0) is 47.9 Å². The van der Waals surface area contributed by atoms with Gasteiger partial charge in [0, 0.05) is 23.3 Å². The molecule has 0 N–H and O–H groups in total. The van der Waals surface area contributed by atoms with Crippen LogP contribution in [-0.4, -0.2) is 32.1 Å². The van der Waals surface area contributed by atoms with E-state index in [0.717, 1.165) is 26.0 Å². The van der Waals surface area contributed by atoms with Crippen molar-refractivity contribution in [3.63, 3.8) is 0 Å². The van der Waals surface area contributed by atoms with Crippen molar-refractivity contribution in [1.29, 1.82) is 0 Å². The van der Waals surface area contributed by atoms with Crippen molar-refractivity contribution in [2.45, 2.75) is 0 Å². The fourth-order valence-corrected chi connectivity index (χ4v) is 3.80. The maximum Gasteiger partial charge on any atom is 0.282 e. The molecule has 24 heavy (non-hydrogen) atoms. The molecule has 1 aromatic heterocycles. The van der Waals surface area contributed by atoms with Gasteiger partial charge in [-0.3, -0.25) is 14.8 Å². The lowest BCUT2D eigenvalue weighted by molar-refractivity contribution is 0.0791. The van der Waals surface area contributed by atoms with Crippen LogP contribution in [0.3, 0.4) is 0 Å². The Balaban J connectivity index is 1.87. The SMILES string of the molecule is COc1ccc2sc(C(=O)N(C)N(C)c3cccc(Br)c3)cc2c1. The maximum atomic E-state index is 12.8.